The van der Waals surface area contributed by atoms with Gasteiger partial charge in [0.1, 0.15) is 10.7 Å². The minimum Gasteiger partial charge on any atom is -0.388 e. The van der Waals surface area contributed by atoms with Gasteiger partial charge >= 0.3 is 0 Å². The molecule has 0 aliphatic heterocycles. The van der Waals surface area contributed by atoms with Crippen LogP contribution in [0.25, 0.3) is 0 Å². The lowest BCUT2D eigenvalue weighted by molar-refractivity contribution is 0.320. The Bertz CT molecular complexity index is 389. The number of hydrogen-bond donors (Lipinski definition) is 1. The van der Waals surface area contributed by atoms with Crippen LogP contribution in [0.15, 0.2) is 12.3 Å². The molecule has 1 aromatic heterocycles. The van der Waals surface area contributed by atoms with E-state index in [1.165, 1.54) is 19.3 Å². The highest BCUT2D eigenvalue weighted by atomic mass is 32.1. The van der Waals surface area contributed by atoms with Gasteiger partial charge in [0.05, 0.1) is 0 Å². The molecule has 16 heavy (non-hydrogen) atoms. The lowest BCUT2D eigenvalue weighted by atomic mass is 9.85. The lowest BCUT2D eigenvalue weighted by Gasteiger charge is -2.30. The largest absolute Gasteiger partial charge is 0.388 e. The Morgan fingerprint density at radius 2 is 2.38 bits per heavy atom. The Morgan fingerprint density at radius 1 is 1.62 bits per heavy atom. The number of thiocarbonyl (C=S) groups is 1. The van der Waals surface area contributed by atoms with Crippen LogP contribution in [0.1, 0.15) is 25.0 Å². The summed E-state index contributed by atoms with van der Waals surface area (Å²) in [6, 6.07) is 1.74. The summed E-state index contributed by atoms with van der Waals surface area (Å²) in [4.78, 5) is 11.0. The van der Waals surface area contributed by atoms with E-state index in [1.807, 2.05) is 7.05 Å². The molecule has 4 nitrogen and oxygen atoms in total. The Balaban J connectivity index is 2.06. The first-order valence-corrected chi connectivity index (χ1v) is 5.91. The van der Waals surface area contributed by atoms with Gasteiger partial charge in [-0.15, -0.1) is 0 Å². The summed E-state index contributed by atoms with van der Waals surface area (Å²) in [5.74, 6) is 1.50. The molecule has 0 aromatic carbocycles. The van der Waals surface area contributed by atoms with Crippen molar-refractivity contribution in [2.75, 3.05) is 18.5 Å². The molecule has 1 aliphatic rings. The van der Waals surface area contributed by atoms with Crippen molar-refractivity contribution in [3.05, 3.63) is 18.0 Å². The van der Waals surface area contributed by atoms with E-state index in [4.69, 9.17) is 18.0 Å². The van der Waals surface area contributed by atoms with Gasteiger partial charge in [-0.3, -0.25) is 0 Å². The molecule has 5 heteroatoms. The minimum atomic E-state index is 0.320. The average Bonchev–Trinajstić information content (AvgIpc) is 2.23. The third-order valence-electron chi connectivity index (χ3n) is 2.99. The number of nitrogens with two attached hydrogens (primary N) is 1. The summed E-state index contributed by atoms with van der Waals surface area (Å²) in [5, 5.41) is 0. The van der Waals surface area contributed by atoms with E-state index >= 15 is 0 Å². The zero-order valence-corrected chi connectivity index (χ0v) is 10.2. The van der Waals surface area contributed by atoms with Crippen molar-refractivity contribution < 1.29 is 0 Å². The van der Waals surface area contributed by atoms with Crippen LogP contribution in [0.3, 0.4) is 0 Å². The van der Waals surface area contributed by atoms with Gasteiger partial charge in [-0.25, -0.2) is 9.97 Å². The summed E-state index contributed by atoms with van der Waals surface area (Å²) in [6.45, 7) is 1.01. The number of aromatic nitrogens is 2. The molecule has 1 aliphatic carbocycles. The Labute approximate surface area is 101 Å². The summed E-state index contributed by atoms with van der Waals surface area (Å²) in [6.07, 6.45) is 5.69. The first-order valence-electron chi connectivity index (χ1n) is 5.51. The number of anilines is 1. The number of rotatable bonds is 4. The maximum Gasteiger partial charge on any atom is 0.225 e. The topological polar surface area (TPSA) is 55.0 Å². The molecule has 2 N–H and O–H groups in total. The first kappa shape index (κ1) is 11.3. The monoisotopic (exact) mass is 236 g/mol. The molecular formula is C11H16N4S. The standard InChI is InChI=1S/C11H16N4S/c1-15(7-8-3-2-4-8)11-13-6-5-9(14-11)10(12)16/h5-6,8H,2-4,7H2,1H3,(H2,12,16). The number of nitrogens with zero attached hydrogens (tertiary/aromatic N) is 3. The van der Waals surface area contributed by atoms with E-state index in [2.05, 4.69) is 14.9 Å². The molecule has 0 amide bonds. The van der Waals surface area contributed by atoms with Gasteiger partial charge in [-0.2, -0.15) is 0 Å². The van der Waals surface area contributed by atoms with Crippen molar-refractivity contribution in [3.8, 4) is 0 Å². The van der Waals surface area contributed by atoms with E-state index in [9.17, 15) is 0 Å². The molecule has 1 fully saturated rings. The molecule has 0 spiro atoms. The van der Waals surface area contributed by atoms with Gasteiger partial charge < -0.3 is 10.6 Å². The van der Waals surface area contributed by atoms with Crippen molar-refractivity contribution >= 4 is 23.2 Å². The predicted molar refractivity (Wildman–Crippen MR) is 68.5 cm³/mol. The second kappa shape index (κ2) is 4.74. The molecule has 0 atom stereocenters. The van der Waals surface area contributed by atoms with Crippen molar-refractivity contribution in [1.29, 1.82) is 0 Å². The van der Waals surface area contributed by atoms with E-state index in [0.29, 0.717) is 16.6 Å². The smallest absolute Gasteiger partial charge is 0.225 e. The molecule has 1 heterocycles. The van der Waals surface area contributed by atoms with Crippen LogP contribution < -0.4 is 10.6 Å². The zero-order valence-electron chi connectivity index (χ0n) is 9.39. The second-order valence-corrected chi connectivity index (χ2v) is 4.72. The molecule has 2 rings (SSSR count). The van der Waals surface area contributed by atoms with Crippen LogP contribution in [0.5, 0.6) is 0 Å². The molecule has 1 saturated carbocycles. The summed E-state index contributed by atoms with van der Waals surface area (Å²) in [5.41, 5.74) is 6.18. The highest BCUT2D eigenvalue weighted by molar-refractivity contribution is 7.80. The van der Waals surface area contributed by atoms with E-state index in [-0.39, 0.29) is 0 Å². The molecule has 0 radical (unpaired) electrons. The van der Waals surface area contributed by atoms with Gasteiger partial charge in [0.2, 0.25) is 5.95 Å². The normalized spacial score (nSPS) is 15.6. The predicted octanol–water partition coefficient (Wildman–Crippen LogP) is 1.35. The Morgan fingerprint density at radius 3 is 2.94 bits per heavy atom. The van der Waals surface area contributed by atoms with Crippen LogP contribution in [0, 0.1) is 5.92 Å². The van der Waals surface area contributed by atoms with Crippen molar-refractivity contribution in [1.82, 2.24) is 9.97 Å². The van der Waals surface area contributed by atoms with E-state index < -0.39 is 0 Å². The first-order chi connectivity index (χ1) is 7.66. The van der Waals surface area contributed by atoms with Gasteiger partial charge in [0, 0.05) is 19.8 Å². The summed E-state index contributed by atoms with van der Waals surface area (Å²) in [7, 11) is 2.01. The lowest BCUT2D eigenvalue weighted by Crippen LogP contribution is -2.30. The third-order valence-corrected chi connectivity index (χ3v) is 3.20. The highest BCUT2D eigenvalue weighted by Crippen LogP contribution is 2.27. The van der Waals surface area contributed by atoms with Crippen LogP contribution in [-0.2, 0) is 0 Å². The summed E-state index contributed by atoms with van der Waals surface area (Å²) >= 11 is 4.90. The highest BCUT2D eigenvalue weighted by Gasteiger charge is 2.20. The molecule has 0 unspecified atom stereocenters. The molecule has 1 aromatic rings. The van der Waals surface area contributed by atoms with Crippen LogP contribution in [0.4, 0.5) is 5.95 Å². The van der Waals surface area contributed by atoms with Crippen LogP contribution in [0.2, 0.25) is 0 Å². The minimum absolute atomic E-state index is 0.320. The third kappa shape index (κ3) is 2.47. The fraction of sp³-hybridized carbons (Fsp3) is 0.545. The quantitative estimate of drug-likeness (QED) is 0.800. The SMILES string of the molecule is CN(CC1CCC1)c1nccc(C(N)=S)n1. The zero-order chi connectivity index (χ0) is 11.5. The van der Waals surface area contributed by atoms with Crippen molar-refractivity contribution in [2.45, 2.75) is 19.3 Å². The van der Waals surface area contributed by atoms with Gasteiger partial charge in [0.25, 0.3) is 0 Å². The fourth-order valence-electron chi connectivity index (χ4n) is 1.81. The van der Waals surface area contributed by atoms with Crippen molar-refractivity contribution in [2.24, 2.45) is 11.7 Å². The molecule has 86 valence electrons. The summed E-state index contributed by atoms with van der Waals surface area (Å²) < 4.78 is 0. The van der Waals surface area contributed by atoms with E-state index in [0.717, 1.165) is 12.5 Å². The van der Waals surface area contributed by atoms with Crippen LogP contribution >= 0.6 is 12.2 Å². The number of hydrogen-bond acceptors (Lipinski definition) is 4. The fourth-order valence-corrected chi connectivity index (χ4v) is 1.93. The van der Waals surface area contributed by atoms with Crippen LogP contribution in [-0.4, -0.2) is 28.5 Å². The van der Waals surface area contributed by atoms with Gasteiger partial charge in [0.15, 0.2) is 0 Å². The average molecular weight is 236 g/mol. The van der Waals surface area contributed by atoms with Gasteiger partial charge in [-0.05, 0) is 24.8 Å². The maximum absolute atomic E-state index is 5.54. The Hall–Kier alpha value is -1.23. The van der Waals surface area contributed by atoms with Crippen molar-refractivity contribution in [3.63, 3.8) is 0 Å². The Kier molecular flexibility index (Phi) is 3.33. The molecule has 0 saturated heterocycles. The second-order valence-electron chi connectivity index (χ2n) is 4.28. The molecule has 0 bridgehead atoms. The van der Waals surface area contributed by atoms with E-state index in [1.54, 1.807) is 12.3 Å². The maximum atomic E-state index is 5.54. The molecular weight excluding hydrogens is 220 g/mol. The van der Waals surface area contributed by atoms with Gasteiger partial charge in [-0.1, -0.05) is 18.6 Å².